The van der Waals surface area contributed by atoms with E-state index in [1.54, 1.807) is 0 Å². The van der Waals surface area contributed by atoms with Gasteiger partial charge in [0.15, 0.2) is 0 Å². The number of fused-ring (bicyclic) bond motifs is 1. The van der Waals surface area contributed by atoms with Crippen molar-refractivity contribution >= 4 is 11.9 Å². The maximum absolute atomic E-state index is 12.2. The Hall–Kier alpha value is -1.58. The fourth-order valence-corrected chi connectivity index (χ4v) is 3.37. The minimum absolute atomic E-state index is 0.0138. The molecule has 1 aliphatic heterocycles. The average Bonchev–Trinajstić information content (AvgIpc) is 2.70. The van der Waals surface area contributed by atoms with Crippen molar-refractivity contribution in [3.05, 3.63) is 23.3 Å². The van der Waals surface area contributed by atoms with E-state index in [0.717, 1.165) is 11.1 Å². The summed E-state index contributed by atoms with van der Waals surface area (Å²) in [6.45, 7) is 11.9. The summed E-state index contributed by atoms with van der Waals surface area (Å²) < 4.78 is 11.2. The van der Waals surface area contributed by atoms with Gasteiger partial charge in [0.1, 0.15) is 11.7 Å². The summed E-state index contributed by atoms with van der Waals surface area (Å²) in [6, 6.07) is 0. The molecule has 0 aromatic rings. The molecule has 4 heteroatoms. The Labute approximate surface area is 132 Å². The Bertz CT molecular complexity index is 551. The van der Waals surface area contributed by atoms with Gasteiger partial charge >= 0.3 is 11.9 Å². The summed E-state index contributed by atoms with van der Waals surface area (Å²) in [5.74, 6) is -0.396. The second-order valence-corrected chi connectivity index (χ2v) is 7.46. The summed E-state index contributed by atoms with van der Waals surface area (Å²) in [5.41, 5.74) is 1.24. The molecule has 1 saturated heterocycles. The minimum atomic E-state index is -0.584. The first kappa shape index (κ1) is 16.8. The summed E-state index contributed by atoms with van der Waals surface area (Å²) in [4.78, 5) is 23.8. The van der Waals surface area contributed by atoms with Gasteiger partial charge in [-0.25, -0.2) is 0 Å². The predicted octanol–water partition coefficient (Wildman–Crippen LogP) is 3.56. The van der Waals surface area contributed by atoms with Crippen LogP contribution < -0.4 is 0 Å². The lowest BCUT2D eigenvalue weighted by molar-refractivity contribution is -0.158. The molecule has 1 aliphatic carbocycles. The first-order chi connectivity index (χ1) is 10.1. The van der Waals surface area contributed by atoms with E-state index in [1.165, 1.54) is 0 Å². The largest absolute Gasteiger partial charge is 0.457 e. The number of carbonyl (C=O) groups excluding carboxylic acids is 2. The lowest BCUT2D eigenvalue weighted by Gasteiger charge is -2.45. The van der Waals surface area contributed by atoms with Gasteiger partial charge in [-0.3, -0.25) is 9.59 Å². The first-order valence-electron chi connectivity index (χ1n) is 7.80. The van der Waals surface area contributed by atoms with Crippen LogP contribution in [0.15, 0.2) is 23.3 Å². The molecule has 2 aliphatic rings. The van der Waals surface area contributed by atoms with Crippen LogP contribution in [0.4, 0.5) is 0 Å². The van der Waals surface area contributed by atoms with Crippen LogP contribution in [0.3, 0.4) is 0 Å². The summed E-state index contributed by atoms with van der Waals surface area (Å²) >= 11 is 0. The van der Waals surface area contributed by atoms with Crippen molar-refractivity contribution in [2.24, 2.45) is 11.3 Å². The molecule has 0 aromatic heterocycles. The number of rotatable bonds is 3. The van der Waals surface area contributed by atoms with Crippen LogP contribution in [-0.4, -0.2) is 23.6 Å². The molecule has 4 nitrogen and oxygen atoms in total. The Balaban J connectivity index is 2.15. The molecule has 3 atom stereocenters. The standard InChI is InChI=1S/C18H26O4/c1-11(2)12(3)9-15(19)21-14-7-8-18(6)13(17(14,4)5)10-16(20)22-18/h7-8,13-14H,9-10H2,1-6H3/t13-,14+,18+/m0/s1. The molecule has 0 radical (unpaired) electrons. The highest BCUT2D eigenvalue weighted by Crippen LogP contribution is 2.51. The van der Waals surface area contributed by atoms with Crippen molar-refractivity contribution in [2.75, 3.05) is 0 Å². The number of carbonyl (C=O) groups is 2. The number of esters is 2. The fraction of sp³-hybridized carbons (Fsp3) is 0.667. The third-order valence-corrected chi connectivity index (χ3v) is 5.15. The molecule has 0 bridgehead atoms. The highest BCUT2D eigenvalue weighted by atomic mass is 16.6. The van der Waals surface area contributed by atoms with Gasteiger partial charge in [-0.1, -0.05) is 25.0 Å². The molecular weight excluding hydrogens is 280 g/mol. The maximum atomic E-state index is 12.2. The number of allylic oxidation sites excluding steroid dienone is 1. The van der Waals surface area contributed by atoms with Crippen molar-refractivity contribution in [2.45, 2.75) is 66.1 Å². The van der Waals surface area contributed by atoms with E-state index in [1.807, 2.05) is 53.7 Å². The maximum Gasteiger partial charge on any atom is 0.310 e. The minimum Gasteiger partial charge on any atom is -0.457 e. The van der Waals surface area contributed by atoms with Gasteiger partial charge in [-0.2, -0.15) is 0 Å². The zero-order valence-corrected chi connectivity index (χ0v) is 14.4. The molecule has 1 heterocycles. The van der Waals surface area contributed by atoms with E-state index in [2.05, 4.69) is 0 Å². The van der Waals surface area contributed by atoms with Gasteiger partial charge in [-0.05, 0) is 39.8 Å². The third kappa shape index (κ3) is 2.96. The second-order valence-electron chi connectivity index (χ2n) is 7.46. The number of hydrogen-bond donors (Lipinski definition) is 0. The van der Waals surface area contributed by atoms with Crippen LogP contribution in [-0.2, 0) is 19.1 Å². The normalized spacial score (nSPS) is 32.2. The van der Waals surface area contributed by atoms with Crippen molar-refractivity contribution in [3.63, 3.8) is 0 Å². The van der Waals surface area contributed by atoms with Crippen molar-refractivity contribution in [1.82, 2.24) is 0 Å². The monoisotopic (exact) mass is 306 g/mol. The zero-order chi connectivity index (χ0) is 16.7. The van der Waals surface area contributed by atoms with E-state index < -0.39 is 5.60 Å². The van der Waals surface area contributed by atoms with E-state index in [4.69, 9.17) is 9.47 Å². The average molecular weight is 306 g/mol. The Kier molecular flexibility index (Phi) is 4.24. The van der Waals surface area contributed by atoms with Crippen LogP contribution in [0.1, 0.15) is 54.4 Å². The highest BCUT2D eigenvalue weighted by molar-refractivity contribution is 5.75. The lowest BCUT2D eigenvalue weighted by atomic mass is 9.63. The number of ether oxygens (including phenoxy) is 2. The van der Waals surface area contributed by atoms with Gasteiger partial charge in [0.25, 0.3) is 0 Å². The summed E-state index contributed by atoms with van der Waals surface area (Å²) in [5, 5.41) is 0. The highest BCUT2D eigenvalue weighted by Gasteiger charge is 2.56. The molecular formula is C18H26O4. The number of hydrogen-bond acceptors (Lipinski definition) is 4. The van der Waals surface area contributed by atoms with Crippen LogP contribution >= 0.6 is 0 Å². The molecule has 0 amide bonds. The smallest absolute Gasteiger partial charge is 0.310 e. The summed E-state index contributed by atoms with van der Waals surface area (Å²) in [6.07, 6.45) is 4.08. The van der Waals surface area contributed by atoms with Gasteiger partial charge < -0.3 is 9.47 Å². The van der Waals surface area contributed by atoms with Crippen LogP contribution in [0, 0.1) is 11.3 Å². The first-order valence-corrected chi connectivity index (χ1v) is 7.80. The molecule has 0 N–H and O–H groups in total. The molecule has 0 aromatic carbocycles. The van der Waals surface area contributed by atoms with Crippen LogP contribution in [0.5, 0.6) is 0 Å². The Morgan fingerprint density at radius 3 is 2.55 bits per heavy atom. The second kappa shape index (κ2) is 5.56. The SMILES string of the molecule is CC(C)=C(C)CC(=O)O[C@@H]1C=C[C@@]2(C)OC(=O)C[C@H]2C1(C)C. The van der Waals surface area contributed by atoms with Crippen molar-refractivity contribution < 1.29 is 19.1 Å². The van der Waals surface area contributed by atoms with Gasteiger partial charge in [0, 0.05) is 11.3 Å². The molecule has 2 rings (SSSR count). The van der Waals surface area contributed by atoms with Gasteiger partial charge in [-0.15, -0.1) is 0 Å². The van der Waals surface area contributed by atoms with Crippen LogP contribution in [0.2, 0.25) is 0 Å². The summed E-state index contributed by atoms with van der Waals surface area (Å²) in [7, 11) is 0. The fourth-order valence-electron chi connectivity index (χ4n) is 3.37. The molecule has 0 saturated carbocycles. The van der Waals surface area contributed by atoms with E-state index in [0.29, 0.717) is 12.8 Å². The Morgan fingerprint density at radius 2 is 1.95 bits per heavy atom. The van der Waals surface area contributed by atoms with Crippen molar-refractivity contribution in [1.29, 1.82) is 0 Å². The van der Waals surface area contributed by atoms with E-state index in [9.17, 15) is 9.59 Å². The van der Waals surface area contributed by atoms with E-state index >= 15 is 0 Å². The Morgan fingerprint density at radius 1 is 1.32 bits per heavy atom. The van der Waals surface area contributed by atoms with Gasteiger partial charge in [0.2, 0.25) is 0 Å². The molecule has 22 heavy (non-hydrogen) atoms. The lowest BCUT2D eigenvalue weighted by Crippen LogP contribution is -2.49. The molecule has 0 spiro atoms. The third-order valence-electron chi connectivity index (χ3n) is 5.15. The molecule has 1 fully saturated rings. The predicted molar refractivity (Wildman–Crippen MR) is 84.1 cm³/mol. The topological polar surface area (TPSA) is 52.6 Å². The quantitative estimate of drug-likeness (QED) is 0.591. The molecule has 0 unspecified atom stereocenters. The zero-order valence-electron chi connectivity index (χ0n) is 14.4. The van der Waals surface area contributed by atoms with Gasteiger partial charge in [0.05, 0.1) is 12.8 Å². The van der Waals surface area contributed by atoms with Crippen molar-refractivity contribution in [3.8, 4) is 0 Å². The molecule has 122 valence electrons. The van der Waals surface area contributed by atoms with E-state index in [-0.39, 0.29) is 29.4 Å². The van der Waals surface area contributed by atoms with Crippen LogP contribution in [0.25, 0.3) is 0 Å².